The molecule has 0 aliphatic rings. The van der Waals surface area contributed by atoms with Crippen molar-refractivity contribution in [2.45, 2.75) is 209 Å². The third kappa shape index (κ3) is 11.4. The monoisotopic (exact) mass is 831 g/mol. The standard InChI is InChI=1S/C56H86OSi2/c1-49(2,3)37-25-29-41(53(13,14)15)45(33-37)58(46-34-38(50(4,5)6)26-30-42(46)54(16,17)18)57-59(47-35-39(51(7,8)9)27-31-43(47)55(19,20)21)48-36-40(52(10,11)12)28-32-44(48)56(22,23)24/h25-36,58-59H,1-24H3. The molecule has 0 radical (unpaired) electrons. The second-order valence-corrected chi connectivity index (χ2v) is 31.2. The Morgan fingerprint density at radius 2 is 0.424 bits per heavy atom. The molecule has 0 bridgehead atoms. The minimum atomic E-state index is -2.53. The van der Waals surface area contributed by atoms with Crippen molar-refractivity contribution in [3.05, 3.63) is 117 Å². The van der Waals surface area contributed by atoms with Gasteiger partial charge in [0, 0.05) is 0 Å². The molecular weight excluding hydrogens is 745 g/mol. The van der Waals surface area contributed by atoms with E-state index in [1.54, 1.807) is 0 Å². The Balaban J connectivity index is 2.39. The maximum absolute atomic E-state index is 8.69. The van der Waals surface area contributed by atoms with Crippen LogP contribution in [0.5, 0.6) is 0 Å². The highest BCUT2D eigenvalue weighted by molar-refractivity contribution is 6.92. The summed E-state index contributed by atoms with van der Waals surface area (Å²) in [5, 5.41) is 5.75. The van der Waals surface area contributed by atoms with Crippen molar-refractivity contribution in [1.29, 1.82) is 0 Å². The normalized spacial score (nSPS) is 14.1. The fraction of sp³-hybridized carbons (Fsp3) is 0.571. The summed E-state index contributed by atoms with van der Waals surface area (Å²) in [6, 6.07) is 29.8. The first kappa shape index (κ1) is 48.9. The fourth-order valence-electron chi connectivity index (χ4n) is 8.48. The first-order valence-corrected chi connectivity index (χ1v) is 25.8. The third-order valence-electron chi connectivity index (χ3n) is 12.3. The summed E-state index contributed by atoms with van der Waals surface area (Å²) < 4.78 is 8.69. The highest BCUT2D eigenvalue weighted by Crippen LogP contribution is 2.33. The molecule has 4 aromatic rings. The minimum Gasteiger partial charge on any atom is -0.446 e. The van der Waals surface area contributed by atoms with Gasteiger partial charge in [-0.05, 0) is 109 Å². The van der Waals surface area contributed by atoms with Gasteiger partial charge in [-0.15, -0.1) is 0 Å². The smallest absolute Gasteiger partial charge is 0.229 e. The van der Waals surface area contributed by atoms with Crippen LogP contribution in [0, 0.1) is 0 Å². The summed E-state index contributed by atoms with van der Waals surface area (Å²) in [6.45, 7) is 57.1. The van der Waals surface area contributed by atoms with Gasteiger partial charge in [-0.1, -0.05) is 239 Å². The van der Waals surface area contributed by atoms with Crippen molar-refractivity contribution in [2.75, 3.05) is 0 Å². The molecule has 0 unspecified atom stereocenters. The number of hydrogen-bond donors (Lipinski definition) is 0. The topological polar surface area (TPSA) is 9.23 Å². The van der Waals surface area contributed by atoms with Gasteiger partial charge in [-0.25, -0.2) is 0 Å². The van der Waals surface area contributed by atoms with Crippen LogP contribution < -0.4 is 20.7 Å². The third-order valence-corrected chi connectivity index (χ3v) is 18.7. The number of benzene rings is 4. The molecule has 0 saturated carbocycles. The average Bonchev–Trinajstić information content (AvgIpc) is 3.04. The Labute approximate surface area is 368 Å². The van der Waals surface area contributed by atoms with Gasteiger partial charge in [0.25, 0.3) is 0 Å². The van der Waals surface area contributed by atoms with Crippen molar-refractivity contribution in [1.82, 2.24) is 0 Å². The lowest BCUT2D eigenvalue weighted by atomic mass is 9.82. The van der Waals surface area contributed by atoms with E-state index >= 15 is 0 Å². The molecule has 0 saturated heterocycles. The van der Waals surface area contributed by atoms with E-state index in [-0.39, 0.29) is 43.3 Å². The van der Waals surface area contributed by atoms with E-state index in [1.807, 2.05) is 0 Å². The van der Waals surface area contributed by atoms with Crippen molar-refractivity contribution >= 4 is 38.8 Å². The number of rotatable bonds is 6. The first-order chi connectivity index (χ1) is 26.3. The Bertz CT molecular complexity index is 1810. The number of hydrogen-bond acceptors (Lipinski definition) is 1. The summed E-state index contributed by atoms with van der Waals surface area (Å²) in [5.74, 6) is 0. The molecule has 0 heterocycles. The Morgan fingerprint density at radius 1 is 0.254 bits per heavy atom. The highest BCUT2D eigenvalue weighted by atomic mass is 28.4. The fourth-order valence-corrected chi connectivity index (χ4v) is 17.2. The summed E-state index contributed by atoms with van der Waals surface area (Å²) in [6.07, 6.45) is 0. The van der Waals surface area contributed by atoms with E-state index in [1.165, 1.54) is 65.3 Å². The minimum absolute atomic E-state index is 0.0120. The predicted molar refractivity (Wildman–Crippen MR) is 269 cm³/mol. The van der Waals surface area contributed by atoms with Gasteiger partial charge < -0.3 is 4.12 Å². The molecule has 1 nitrogen and oxygen atoms in total. The Kier molecular flexibility index (Phi) is 13.4. The lowest BCUT2D eigenvalue weighted by Crippen LogP contribution is -2.60. The van der Waals surface area contributed by atoms with E-state index in [2.05, 4.69) is 239 Å². The van der Waals surface area contributed by atoms with E-state index in [9.17, 15) is 0 Å². The maximum Gasteiger partial charge on any atom is 0.229 e. The zero-order valence-electron chi connectivity index (χ0n) is 42.5. The van der Waals surface area contributed by atoms with Crippen LogP contribution >= 0.6 is 0 Å². The highest BCUT2D eigenvalue weighted by Gasteiger charge is 2.39. The SMILES string of the molecule is CC(C)(C)c1ccc(C(C)(C)C)c([SiH](O[SiH](c2cc(C(C)(C)C)ccc2C(C)(C)C)c2cc(C(C)(C)C)ccc2C(C)(C)C)c2cc(C(C)(C)C)ccc2C(C)(C)C)c1. The van der Waals surface area contributed by atoms with Crippen LogP contribution in [0.3, 0.4) is 0 Å². The van der Waals surface area contributed by atoms with Crippen molar-refractivity contribution < 1.29 is 4.12 Å². The predicted octanol–water partition coefficient (Wildman–Crippen LogP) is 12.5. The van der Waals surface area contributed by atoms with Gasteiger partial charge in [0.05, 0.1) is 0 Å². The molecule has 324 valence electrons. The van der Waals surface area contributed by atoms with Crippen LogP contribution in [-0.4, -0.2) is 18.1 Å². The second-order valence-electron chi connectivity index (χ2n) is 26.1. The van der Waals surface area contributed by atoms with Crippen molar-refractivity contribution in [3.63, 3.8) is 0 Å². The van der Waals surface area contributed by atoms with Gasteiger partial charge >= 0.3 is 0 Å². The van der Waals surface area contributed by atoms with Gasteiger partial charge in [-0.2, -0.15) is 0 Å². The van der Waals surface area contributed by atoms with Gasteiger partial charge in [-0.3, -0.25) is 0 Å². The molecule has 59 heavy (non-hydrogen) atoms. The largest absolute Gasteiger partial charge is 0.446 e. The van der Waals surface area contributed by atoms with E-state index in [0.29, 0.717) is 0 Å². The van der Waals surface area contributed by atoms with Crippen LogP contribution in [0.15, 0.2) is 72.8 Å². The summed E-state index contributed by atoms with van der Waals surface area (Å²) in [7, 11) is -5.06. The molecule has 4 rings (SSSR count). The molecule has 0 aliphatic heterocycles. The van der Waals surface area contributed by atoms with E-state index in [0.717, 1.165) is 0 Å². The lowest BCUT2D eigenvalue weighted by Gasteiger charge is -2.38. The van der Waals surface area contributed by atoms with Crippen molar-refractivity contribution in [2.24, 2.45) is 0 Å². The van der Waals surface area contributed by atoms with Crippen LogP contribution in [0.2, 0.25) is 0 Å². The molecule has 0 fully saturated rings. The first-order valence-electron chi connectivity index (χ1n) is 22.6. The maximum atomic E-state index is 8.69. The molecule has 0 atom stereocenters. The molecule has 0 aromatic heterocycles. The van der Waals surface area contributed by atoms with Gasteiger partial charge in [0.15, 0.2) is 0 Å². The summed E-state index contributed by atoms with van der Waals surface area (Å²) >= 11 is 0. The Morgan fingerprint density at radius 3 is 0.559 bits per heavy atom. The van der Waals surface area contributed by atoms with Crippen molar-refractivity contribution in [3.8, 4) is 0 Å². The lowest BCUT2D eigenvalue weighted by molar-refractivity contribution is 0.566. The zero-order valence-corrected chi connectivity index (χ0v) is 44.8. The van der Waals surface area contributed by atoms with Crippen LogP contribution in [0.25, 0.3) is 0 Å². The van der Waals surface area contributed by atoms with Crippen LogP contribution in [0.1, 0.15) is 211 Å². The molecule has 4 aromatic carbocycles. The van der Waals surface area contributed by atoms with Gasteiger partial charge in [0.2, 0.25) is 18.1 Å². The zero-order chi connectivity index (χ0) is 45.3. The molecule has 0 aliphatic carbocycles. The molecule has 0 spiro atoms. The Hall–Kier alpha value is -2.73. The summed E-state index contributed by atoms with van der Waals surface area (Å²) in [5.41, 5.74) is 10.8. The molecule has 0 amide bonds. The molecule has 0 N–H and O–H groups in total. The van der Waals surface area contributed by atoms with E-state index < -0.39 is 18.1 Å². The van der Waals surface area contributed by atoms with Gasteiger partial charge in [0.1, 0.15) is 0 Å². The van der Waals surface area contributed by atoms with Crippen LogP contribution in [-0.2, 0) is 47.4 Å². The summed E-state index contributed by atoms with van der Waals surface area (Å²) in [4.78, 5) is 0. The quantitative estimate of drug-likeness (QED) is 0.176. The average molecular weight is 831 g/mol. The van der Waals surface area contributed by atoms with E-state index in [4.69, 9.17) is 4.12 Å². The molecular formula is C56H86OSi2. The second kappa shape index (κ2) is 16.2. The van der Waals surface area contributed by atoms with Crippen LogP contribution in [0.4, 0.5) is 0 Å². The molecule has 3 heteroatoms.